The van der Waals surface area contributed by atoms with Gasteiger partial charge in [-0.15, -0.1) is 0 Å². The second-order valence-electron chi connectivity index (χ2n) is 5.60. The van der Waals surface area contributed by atoms with Gasteiger partial charge in [0.2, 0.25) is 5.91 Å². The fourth-order valence-corrected chi connectivity index (χ4v) is 2.13. The predicted octanol–water partition coefficient (Wildman–Crippen LogP) is 2.74. The number of ether oxygens (including phenoxy) is 1. The minimum atomic E-state index is -0.321. The molecule has 0 unspecified atom stereocenters. The first-order chi connectivity index (χ1) is 12.5. The number of nitrogens with one attached hydrogen (secondary N) is 1. The molecule has 1 N–H and O–H groups in total. The van der Waals surface area contributed by atoms with Crippen molar-refractivity contribution in [2.24, 2.45) is 0 Å². The molecule has 6 heteroatoms. The third kappa shape index (κ3) is 5.73. The van der Waals surface area contributed by atoms with E-state index in [1.165, 1.54) is 23.1 Å². The molecule has 5 nitrogen and oxygen atoms in total. The van der Waals surface area contributed by atoms with Gasteiger partial charge in [-0.05, 0) is 48.0 Å². The van der Waals surface area contributed by atoms with Crippen LogP contribution in [0.15, 0.2) is 54.6 Å². The minimum Gasteiger partial charge on any atom is -0.492 e. The van der Waals surface area contributed by atoms with Gasteiger partial charge < -0.3 is 15.0 Å². The van der Waals surface area contributed by atoms with Crippen molar-refractivity contribution in [1.29, 1.82) is 0 Å². The molecule has 0 spiro atoms. The van der Waals surface area contributed by atoms with E-state index in [0.717, 1.165) is 5.56 Å². The van der Waals surface area contributed by atoms with Crippen molar-refractivity contribution < 1.29 is 18.7 Å². The number of hydrogen-bond acceptors (Lipinski definition) is 3. The van der Waals surface area contributed by atoms with E-state index in [9.17, 15) is 14.0 Å². The number of nitrogens with zero attached hydrogens (tertiary/aromatic N) is 1. The van der Waals surface area contributed by atoms with Gasteiger partial charge >= 0.3 is 0 Å². The largest absolute Gasteiger partial charge is 0.492 e. The Balaban J connectivity index is 1.81. The Labute approximate surface area is 152 Å². The van der Waals surface area contributed by atoms with E-state index < -0.39 is 0 Å². The Kier molecular flexibility index (Phi) is 6.91. The number of benzene rings is 2. The predicted molar refractivity (Wildman–Crippen MR) is 98.4 cm³/mol. The van der Waals surface area contributed by atoms with Gasteiger partial charge in [0, 0.05) is 25.7 Å². The summed E-state index contributed by atoms with van der Waals surface area (Å²) >= 11 is 0. The molecule has 0 radical (unpaired) electrons. The summed E-state index contributed by atoms with van der Waals surface area (Å²) in [4.78, 5) is 25.1. The van der Waals surface area contributed by atoms with E-state index in [0.29, 0.717) is 24.5 Å². The van der Waals surface area contributed by atoms with Crippen LogP contribution in [0.5, 0.6) is 5.75 Å². The zero-order valence-electron chi connectivity index (χ0n) is 14.7. The average molecular weight is 356 g/mol. The van der Waals surface area contributed by atoms with Crippen LogP contribution in [0.4, 0.5) is 4.39 Å². The molecule has 2 aromatic carbocycles. The third-order valence-corrected chi connectivity index (χ3v) is 3.70. The van der Waals surface area contributed by atoms with Gasteiger partial charge in [-0.25, -0.2) is 4.39 Å². The van der Waals surface area contributed by atoms with E-state index in [4.69, 9.17) is 4.74 Å². The average Bonchev–Trinajstić information content (AvgIpc) is 2.67. The summed E-state index contributed by atoms with van der Waals surface area (Å²) in [6.45, 7) is 0.707. The van der Waals surface area contributed by atoms with Gasteiger partial charge in [0.1, 0.15) is 18.2 Å². The van der Waals surface area contributed by atoms with Crippen molar-refractivity contribution in [1.82, 2.24) is 10.2 Å². The molecule has 0 saturated heterocycles. The van der Waals surface area contributed by atoms with Crippen LogP contribution in [0.1, 0.15) is 15.9 Å². The fourth-order valence-electron chi connectivity index (χ4n) is 2.13. The van der Waals surface area contributed by atoms with Crippen LogP contribution < -0.4 is 10.1 Å². The number of amides is 2. The summed E-state index contributed by atoms with van der Waals surface area (Å²) in [6, 6.07) is 12.7. The molecule has 0 bridgehead atoms. The quantitative estimate of drug-likeness (QED) is 0.776. The lowest BCUT2D eigenvalue weighted by Gasteiger charge is -2.15. The zero-order valence-corrected chi connectivity index (χ0v) is 14.7. The fraction of sp³-hybridized carbons (Fsp3) is 0.200. The summed E-state index contributed by atoms with van der Waals surface area (Å²) in [7, 11) is 3.25. The molecule has 0 aliphatic heterocycles. The first-order valence-corrected chi connectivity index (χ1v) is 8.13. The van der Waals surface area contributed by atoms with Crippen molar-refractivity contribution in [2.45, 2.75) is 0 Å². The van der Waals surface area contributed by atoms with Gasteiger partial charge in [0.05, 0.1) is 6.54 Å². The summed E-state index contributed by atoms with van der Waals surface area (Å²) in [5.74, 6) is -0.0855. The normalized spacial score (nSPS) is 10.6. The topological polar surface area (TPSA) is 58.6 Å². The Morgan fingerprint density at radius 2 is 1.77 bits per heavy atom. The monoisotopic (exact) mass is 356 g/mol. The van der Waals surface area contributed by atoms with E-state index in [2.05, 4.69) is 5.32 Å². The lowest BCUT2D eigenvalue weighted by atomic mass is 10.1. The van der Waals surface area contributed by atoms with Crippen molar-refractivity contribution in [2.75, 3.05) is 27.2 Å². The molecule has 136 valence electrons. The summed E-state index contributed by atoms with van der Waals surface area (Å²) in [6.07, 6.45) is 3.15. The molecule has 0 atom stereocenters. The van der Waals surface area contributed by atoms with Crippen LogP contribution in [0, 0.1) is 5.82 Å². The van der Waals surface area contributed by atoms with Crippen LogP contribution in [-0.4, -0.2) is 44.0 Å². The number of likely N-dealkylation sites (N-methyl/N-ethyl adjacent to an activating group) is 1. The molecule has 0 aliphatic rings. The van der Waals surface area contributed by atoms with Gasteiger partial charge in [0.25, 0.3) is 5.91 Å². The summed E-state index contributed by atoms with van der Waals surface area (Å²) < 4.78 is 18.3. The molecule has 0 fully saturated rings. The van der Waals surface area contributed by atoms with Gasteiger partial charge in [-0.1, -0.05) is 12.1 Å². The smallest absolute Gasteiger partial charge is 0.251 e. The third-order valence-electron chi connectivity index (χ3n) is 3.70. The lowest BCUT2D eigenvalue weighted by molar-refractivity contribution is -0.125. The first-order valence-electron chi connectivity index (χ1n) is 8.13. The molecule has 2 amide bonds. The van der Waals surface area contributed by atoms with Gasteiger partial charge in [0.15, 0.2) is 0 Å². The van der Waals surface area contributed by atoms with Crippen LogP contribution in [0.25, 0.3) is 6.08 Å². The number of halogens is 1. The molecule has 0 aromatic heterocycles. The maximum absolute atomic E-state index is 12.8. The van der Waals surface area contributed by atoms with Crippen molar-refractivity contribution in [3.63, 3.8) is 0 Å². The van der Waals surface area contributed by atoms with E-state index >= 15 is 0 Å². The highest BCUT2D eigenvalue weighted by atomic mass is 19.1. The van der Waals surface area contributed by atoms with E-state index in [-0.39, 0.29) is 17.6 Å². The maximum Gasteiger partial charge on any atom is 0.251 e. The zero-order chi connectivity index (χ0) is 18.9. The SMILES string of the molecule is CNC(=O)c1ccc(/C=C/C(=O)N(C)CCOc2ccc(F)cc2)cc1. The Morgan fingerprint density at radius 3 is 2.38 bits per heavy atom. The van der Waals surface area contributed by atoms with Crippen molar-refractivity contribution >= 4 is 17.9 Å². The summed E-state index contributed by atoms with van der Waals surface area (Å²) in [5.41, 5.74) is 1.38. The standard InChI is InChI=1S/C20H21FN2O3/c1-22-20(25)16-6-3-15(4-7-16)5-12-19(24)23(2)13-14-26-18-10-8-17(21)9-11-18/h3-12H,13-14H2,1-2H3,(H,22,25)/b12-5+. The number of carbonyl (C=O) groups excluding carboxylic acids is 2. The van der Waals surface area contributed by atoms with Crippen LogP contribution in [0.2, 0.25) is 0 Å². The number of carbonyl (C=O) groups is 2. The van der Waals surface area contributed by atoms with Crippen molar-refractivity contribution in [3.05, 3.63) is 71.6 Å². The Morgan fingerprint density at radius 1 is 1.12 bits per heavy atom. The molecule has 2 rings (SSSR count). The molecule has 0 heterocycles. The molecule has 0 aliphatic carbocycles. The molecule has 2 aromatic rings. The summed E-state index contributed by atoms with van der Waals surface area (Å²) in [5, 5.41) is 2.55. The number of rotatable bonds is 7. The maximum atomic E-state index is 12.8. The van der Waals surface area contributed by atoms with E-state index in [1.54, 1.807) is 56.6 Å². The van der Waals surface area contributed by atoms with Crippen LogP contribution in [0.3, 0.4) is 0 Å². The van der Waals surface area contributed by atoms with Gasteiger partial charge in [-0.3, -0.25) is 9.59 Å². The Bertz CT molecular complexity index is 771. The Hall–Kier alpha value is -3.15. The highest BCUT2D eigenvalue weighted by molar-refractivity contribution is 5.94. The number of hydrogen-bond donors (Lipinski definition) is 1. The lowest BCUT2D eigenvalue weighted by Crippen LogP contribution is -2.29. The van der Waals surface area contributed by atoms with Gasteiger partial charge in [-0.2, -0.15) is 0 Å². The highest BCUT2D eigenvalue weighted by Gasteiger charge is 2.05. The molecular weight excluding hydrogens is 335 g/mol. The van der Waals surface area contributed by atoms with Crippen LogP contribution in [-0.2, 0) is 4.79 Å². The second-order valence-corrected chi connectivity index (χ2v) is 5.60. The molecular formula is C20H21FN2O3. The minimum absolute atomic E-state index is 0.155. The second kappa shape index (κ2) is 9.36. The van der Waals surface area contributed by atoms with Crippen molar-refractivity contribution in [3.8, 4) is 5.75 Å². The van der Waals surface area contributed by atoms with Crippen LogP contribution >= 0.6 is 0 Å². The molecule has 26 heavy (non-hydrogen) atoms. The first kappa shape index (κ1) is 19.2. The highest BCUT2D eigenvalue weighted by Crippen LogP contribution is 2.11. The molecule has 0 saturated carbocycles. The van der Waals surface area contributed by atoms with E-state index in [1.807, 2.05) is 0 Å².